The van der Waals surface area contributed by atoms with E-state index in [9.17, 15) is 4.57 Å². The molecule has 0 saturated heterocycles. The summed E-state index contributed by atoms with van der Waals surface area (Å²) in [5.41, 5.74) is 0. The van der Waals surface area contributed by atoms with Crippen molar-refractivity contribution < 1.29 is 13.6 Å². The Kier molecular flexibility index (Phi) is 9.13. The third-order valence-corrected chi connectivity index (χ3v) is 2.03. The average Bonchev–Trinajstić information content (AvgIpc) is 2.11. The Balaban J connectivity index is 3.35. The molecule has 0 aromatic rings. The molecule has 0 aromatic carbocycles. The van der Waals surface area contributed by atoms with Crippen LogP contribution in [0.3, 0.4) is 0 Å². The van der Waals surface area contributed by atoms with Gasteiger partial charge in [-0.2, -0.15) is 0 Å². The van der Waals surface area contributed by atoms with Crippen LogP contribution in [0, 0.1) is 11.8 Å². The third kappa shape index (κ3) is 9.36. The smallest absolute Gasteiger partial charge is 0.311 e. The molecule has 0 saturated carbocycles. The highest BCUT2D eigenvalue weighted by Crippen LogP contribution is 2.22. The number of hydrogen-bond donors (Lipinski definition) is 0. The summed E-state index contributed by atoms with van der Waals surface area (Å²) in [5, 5.41) is 0. The Morgan fingerprint density at radius 2 is 2.23 bits per heavy atom. The van der Waals surface area contributed by atoms with Crippen LogP contribution in [0.25, 0.3) is 0 Å². The first-order chi connectivity index (χ1) is 6.31. The fourth-order valence-corrected chi connectivity index (χ4v) is 1.08. The van der Waals surface area contributed by atoms with E-state index in [4.69, 9.17) is 9.05 Å². The van der Waals surface area contributed by atoms with Gasteiger partial charge in [0.1, 0.15) is 6.61 Å². The van der Waals surface area contributed by atoms with Gasteiger partial charge in [0.25, 0.3) is 0 Å². The highest BCUT2D eigenvalue weighted by Gasteiger charge is 1.93. The quantitative estimate of drug-likeness (QED) is 0.287. The molecule has 0 radical (unpaired) electrons. The van der Waals surface area contributed by atoms with E-state index < -0.39 is 8.25 Å². The van der Waals surface area contributed by atoms with Gasteiger partial charge in [-0.25, -0.2) is 0 Å². The molecule has 0 aliphatic heterocycles. The van der Waals surface area contributed by atoms with Crippen molar-refractivity contribution in [1.29, 1.82) is 0 Å². The first kappa shape index (κ1) is 12.4. The van der Waals surface area contributed by atoms with Crippen molar-refractivity contribution in [3.63, 3.8) is 0 Å². The lowest BCUT2D eigenvalue weighted by Gasteiger charge is -1.97. The van der Waals surface area contributed by atoms with Crippen LogP contribution in [0.15, 0.2) is 12.7 Å². The van der Waals surface area contributed by atoms with E-state index in [0.29, 0.717) is 6.61 Å². The summed E-state index contributed by atoms with van der Waals surface area (Å²) >= 11 is 0. The van der Waals surface area contributed by atoms with Crippen LogP contribution in [0.1, 0.15) is 19.8 Å². The van der Waals surface area contributed by atoms with Crippen LogP contribution in [-0.4, -0.2) is 13.2 Å². The molecule has 0 aliphatic rings. The molecule has 0 rings (SSSR count). The number of rotatable bonds is 6. The Morgan fingerprint density at radius 1 is 1.46 bits per heavy atom. The second-order valence-electron chi connectivity index (χ2n) is 2.15. The van der Waals surface area contributed by atoms with Crippen molar-refractivity contribution in [3.8, 4) is 11.8 Å². The van der Waals surface area contributed by atoms with Gasteiger partial charge in [0.05, 0.1) is 6.61 Å². The van der Waals surface area contributed by atoms with Gasteiger partial charge in [-0.3, -0.25) is 9.09 Å². The van der Waals surface area contributed by atoms with E-state index >= 15 is 0 Å². The van der Waals surface area contributed by atoms with E-state index in [2.05, 4.69) is 18.4 Å². The molecule has 3 nitrogen and oxygen atoms in total. The molecule has 74 valence electrons. The molecule has 4 heteroatoms. The topological polar surface area (TPSA) is 35.5 Å². The highest BCUT2D eigenvalue weighted by atomic mass is 31.1. The van der Waals surface area contributed by atoms with Crippen LogP contribution in [0.2, 0.25) is 0 Å². The van der Waals surface area contributed by atoms with Crippen LogP contribution in [0.4, 0.5) is 0 Å². The SMILES string of the molecule is C=CCCC#CCO[PH](=O)OCC. The summed E-state index contributed by atoms with van der Waals surface area (Å²) in [4.78, 5) is 0. The monoisotopic (exact) mass is 202 g/mol. The molecule has 0 aromatic heterocycles. The predicted molar refractivity (Wildman–Crippen MR) is 53.8 cm³/mol. The molecular formula is C9H15O3P. The van der Waals surface area contributed by atoms with Crippen LogP contribution in [-0.2, 0) is 13.6 Å². The first-order valence-corrected chi connectivity index (χ1v) is 5.40. The van der Waals surface area contributed by atoms with Crippen molar-refractivity contribution in [1.82, 2.24) is 0 Å². The average molecular weight is 202 g/mol. The van der Waals surface area contributed by atoms with Gasteiger partial charge in [0, 0.05) is 6.42 Å². The summed E-state index contributed by atoms with van der Waals surface area (Å²) < 4.78 is 20.3. The maximum atomic E-state index is 10.8. The molecule has 0 spiro atoms. The summed E-state index contributed by atoms with van der Waals surface area (Å²) in [6.45, 7) is 5.91. The maximum absolute atomic E-state index is 10.8. The second-order valence-corrected chi connectivity index (χ2v) is 3.23. The molecular weight excluding hydrogens is 187 g/mol. The minimum absolute atomic E-state index is 0.176. The summed E-state index contributed by atoms with van der Waals surface area (Å²) in [7, 11) is -2.31. The fourth-order valence-electron chi connectivity index (χ4n) is 0.568. The van der Waals surface area contributed by atoms with Crippen LogP contribution >= 0.6 is 8.25 Å². The van der Waals surface area contributed by atoms with Crippen LogP contribution < -0.4 is 0 Å². The predicted octanol–water partition coefficient (Wildman–Crippen LogP) is 2.40. The molecule has 13 heavy (non-hydrogen) atoms. The fraction of sp³-hybridized carbons (Fsp3) is 0.556. The van der Waals surface area contributed by atoms with E-state index in [0.717, 1.165) is 12.8 Å². The molecule has 1 unspecified atom stereocenters. The Morgan fingerprint density at radius 3 is 2.85 bits per heavy atom. The third-order valence-electron chi connectivity index (χ3n) is 1.12. The highest BCUT2D eigenvalue weighted by molar-refractivity contribution is 7.33. The van der Waals surface area contributed by atoms with Gasteiger partial charge >= 0.3 is 8.25 Å². The zero-order valence-corrected chi connectivity index (χ0v) is 8.84. The summed E-state index contributed by atoms with van der Waals surface area (Å²) in [5.74, 6) is 5.59. The van der Waals surface area contributed by atoms with E-state index in [-0.39, 0.29) is 6.61 Å². The lowest BCUT2D eigenvalue weighted by molar-refractivity contribution is 0.254. The molecule has 0 heterocycles. The number of unbranched alkanes of at least 4 members (excludes halogenated alkanes) is 1. The van der Waals surface area contributed by atoms with E-state index in [1.54, 1.807) is 13.0 Å². The first-order valence-electron chi connectivity index (χ1n) is 4.17. The molecule has 1 atom stereocenters. The maximum Gasteiger partial charge on any atom is 0.320 e. The van der Waals surface area contributed by atoms with Gasteiger partial charge in [0.15, 0.2) is 0 Å². The van der Waals surface area contributed by atoms with Gasteiger partial charge in [-0.15, -0.1) is 12.5 Å². The molecule has 0 bridgehead atoms. The van der Waals surface area contributed by atoms with Crippen molar-refractivity contribution in [2.24, 2.45) is 0 Å². The Labute approximate surface area is 80.1 Å². The zero-order valence-electron chi connectivity index (χ0n) is 7.84. The number of hydrogen-bond acceptors (Lipinski definition) is 3. The summed E-state index contributed by atoms with van der Waals surface area (Å²) in [6, 6.07) is 0. The van der Waals surface area contributed by atoms with Gasteiger partial charge < -0.3 is 4.52 Å². The lowest BCUT2D eigenvalue weighted by atomic mass is 10.3. The van der Waals surface area contributed by atoms with Gasteiger partial charge in [-0.05, 0) is 13.3 Å². The Hall–Kier alpha value is -0.550. The normalized spacial score (nSPS) is 11.5. The van der Waals surface area contributed by atoms with Crippen molar-refractivity contribution in [3.05, 3.63) is 12.7 Å². The molecule has 0 aliphatic carbocycles. The summed E-state index contributed by atoms with van der Waals surface area (Å²) in [6.07, 6.45) is 3.44. The molecule has 0 amide bonds. The number of allylic oxidation sites excluding steroid dienone is 1. The largest absolute Gasteiger partial charge is 0.320 e. The second kappa shape index (κ2) is 9.54. The van der Waals surface area contributed by atoms with E-state index in [1.807, 2.05) is 0 Å². The van der Waals surface area contributed by atoms with Gasteiger partial charge in [0.2, 0.25) is 0 Å². The molecule has 0 N–H and O–H groups in total. The molecule has 0 fully saturated rings. The zero-order chi connectivity index (χ0) is 9.94. The minimum atomic E-state index is -2.31. The van der Waals surface area contributed by atoms with E-state index in [1.165, 1.54) is 0 Å². The lowest BCUT2D eigenvalue weighted by Crippen LogP contribution is -1.84. The minimum Gasteiger partial charge on any atom is -0.311 e. The van der Waals surface area contributed by atoms with Crippen molar-refractivity contribution >= 4 is 8.25 Å². The van der Waals surface area contributed by atoms with Crippen molar-refractivity contribution in [2.45, 2.75) is 19.8 Å². The Bertz CT molecular complexity index is 215. The standard InChI is InChI=1S/C9H15O3P/c1-3-5-6-7-8-9-12-13(10)11-4-2/h3,13H,1,4-6,9H2,2H3. The van der Waals surface area contributed by atoms with Crippen molar-refractivity contribution in [2.75, 3.05) is 13.2 Å². The van der Waals surface area contributed by atoms with Gasteiger partial charge in [-0.1, -0.05) is 12.0 Å². The van der Waals surface area contributed by atoms with Crippen LogP contribution in [0.5, 0.6) is 0 Å².